The summed E-state index contributed by atoms with van der Waals surface area (Å²) in [6.07, 6.45) is 1.57. The second-order valence-corrected chi connectivity index (χ2v) is 6.21. The van der Waals surface area contributed by atoms with Gasteiger partial charge in [0.1, 0.15) is 0 Å². The van der Waals surface area contributed by atoms with E-state index in [4.69, 9.17) is 16.1 Å². The van der Waals surface area contributed by atoms with Crippen LogP contribution >= 0.6 is 23.4 Å². The van der Waals surface area contributed by atoms with Gasteiger partial charge in [-0.05, 0) is 29.8 Å². The monoisotopic (exact) mass is 344 g/mol. The molecule has 0 radical (unpaired) electrons. The van der Waals surface area contributed by atoms with E-state index < -0.39 is 0 Å². The smallest absolute Gasteiger partial charge is 0.239 e. The van der Waals surface area contributed by atoms with Crippen LogP contribution in [0.5, 0.6) is 0 Å². The molecule has 2 aromatic carbocycles. The second-order valence-electron chi connectivity index (χ2n) is 4.73. The van der Waals surface area contributed by atoms with Crippen molar-refractivity contribution in [1.29, 1.82) is 0 Å². The predicted octanol–water partition coefficient (Wildman–Crippen LogP) is 4.73. The Labute approximate surface area is 142 Å². The van der Waals surface area contributed by atoms with Crippen LogP contribution in [0.2, 0.25) is 5.02 Å². The molecule has 0 aliphatic heterocycles. The van der Waals surface area contributed by atoms with Gasteiger partial charge in [0.25, 0.3) is 0 Å². The molecule has 0 fully saturated rings. The first kappa shape index (κ1) is 15.6. The molecule has 0 saturated carbocycles. The molecule has 0 atom stereocenters. The first-order chi connectivity index (χ1) is 11.2. The van der Waals surface area contributed by atoms with Crippen LogP contribution < -0.4 is 5.32 Å². The van der Waals surface area contributed by atoms with Crippen molar-refractivity contribution < 1.29 is 9.32 Å². The molecule has 0 aliphatic carbocycles. The third-order valence-electron chi connectivity index (χ3n) is 3.09. The quantitative estimate of drug-likeness (QED) is 0.680. The van der Waals surface area contributed by atoms with E-state index >= 15 is 0 Å². The molecule has 0 bridgehead atoms. The molecule has 1 aromatic heterocycles. The molecule has 0 unspecified atom stereocenters. The SMILES string of the molecule is O=C(CSc1ccccc1)Nc1oncc1-c1ccc(Cl)cc1. The average Bonchev–Trinajstić information content (AvgIpc) is 3.03. The Morgan fingerprint density at radius 3 is 2.61 bits per heavy atom. The standard InChI is InChI=1S/C17H13ClN2O2S/c18-13-8-6-12(7-9-13)15-10-19-22-17(15)20-16(21)11-23-14-4-2-1-3-5-14/h1-10H,11H2,(H,20,21). The Balaban J connectivity index is 1.65. The number of nitrogens with one attached hydrogen (secondary N) is 1. The zero-order valence-corrected chi connectivity index (χ0v) is 13.6. The van der Waals surface area contributed by atoms with E-state index in [1.165, 1.54) is 11.8 Å². The van der Waals surface area contributed by atoms with Crippen LogP contribution in [0.4, 0.5) is 5.88 Å². The van der Waals surface area contributed by atoms with Crippen LogP contribution in [-0.4, -0.2) is 16.8 Å². The van der Waals surface area contributed by atoms with Gasteiger partial charge in [-0.2, -0.15) is 0 Å². The van der Waals surface area contributed by atoms with Gasteiger partial charge in [0, 0.05) is 9.92 Å². The lowest BCUT2D eigenvalue weighted by Gasteiger charge is -2.04. The van der Waals surface area contributed by atoms with E-state index in [1.807, 2.05) is 42.5 Å². The summed E-state index contributed by atoms with van der Waals surface area (Å²) in [7, 11) is 0. The number of anilines is 1. The Hall–Kier alpha value is -2.24. The first-order valence-corrected chi connectivity index (χ1v) is 8.27. The summed E-state index contributed by atoms with van der Waals surface area (Å²) < 4.78 is 5.15. The fourth-order valence-corrected chi connectivity index (χ4v) is 2.84. The van der Waals surface area contributed by atoms with Crippen LogP contribution in [0.15, 0.2) is 70.2 Å². The van der Waals surface area contributed by atoms with E-state index in [0.29, 0.717) is 16.7 Å². The Morgan fingerprint density at radius 1 is 1.13 bits per heavy atom. The van der Waals surface area contributed by atoms with Gasteiger partial charge in [-0.25, -0.2) is 0 Å². The molecular weight excluding hydrogens is 332 g/mol. The van der Waals surface area contributed by atoms with Crippen molar-refractivity contribution >= 4 is 35.2 Å². The number of rotatable bonds is 5. The Kier molecular flexibility index (Phi) is 5.00. The first-order valence-electron chi connectivity index (χ1n) is 6.91. The summed E-state index contributed by atoms with van der Waals surface area (Å²) in [6.45, 7) is 0. The number of aromatic nitrogens is 1. The van der Waals surface area contributed by atoms with Crippen LogP contribution in [-0.2, 0) is 4.79 Å². The lowest BCUT2D eigenvalue weighted by molar-refractivity contribution is -0.113. The highest BCUT2D eigenvalue weighted by molar-refractivity contribution is 8.00. The van der Waals surface area contributed by atoms with E-state index in [9.17, 15) is 4.79 Å². The minimum atomic E-state index is -0.147. The zero-order valence-electron chi connectivity index (χ0n) is 12.0. The lowest BCUT2D eigenvalue weighted by atomic mass is 10.1. The van der Waals surface area contributed by atoms with Crippen LogP contribution in [0.1, 0.15) is 0 Å². The summed E-state index contributed by atoms with van der Waals surface area (Å²) in [4.78, 5) is 13.1. The molecule has 1 heterocycles. The van der Waals surface area contributed by atoms with Gasteiger partial charge in [-0.1, -0.05) is 47.1 Å². The number of hydrogen-bond donors (Lipinski definition) is 1. The number of carbonyl (C=O) groups excluding carboxylic acids is 1. The number of carbonyl (C=O) groups is 1. The lowest BCUT2D eigenvalue weighted by Crippen LogP contribution is -2.14. The molecule has 23 heavy (non-hydrogen) atoms. The maximum Gasteiger partial charge on any atom is 0.239 e. The van der Waals surface area contributed by atoms with Crippen molar-refractivity contribution in [2.45, 2.75) is 4.90 Å². The molecule has 1 N–H and O–H groups in total. The summed E-state index contributed by atoms with van der Waals surface area (Å²) in [5.41, 5.74) is 1.60. The van der Waals surface area contributed by atoms with Crippen molar-refractivity contribution in [2.75, 3.05) is 11.1 Å². The summed E-state index contributed by atoms with van der Waals surface area (Å²) in [6, 6.07) is 17.0. The normalized spacial score (nSPS) is 10.5. The van der Waals surface area contributed by atoms with E-state index in [-0.39, 0.29) is 5.91 Å². The number of nitrogens with zero attached hydrogens (tertiary/aromatic N) is 1. The topological polar surface area (TPSA) is 55.1 Å². The number of amides is 1. The number of thioether (sulfide) groups is 1. The van der Waals surface area contributed by atoms with Gasteiger partial charge in [0.2, 0.25) is 11.8 Å². The van der Waals surface area contributed by atoms with Gasteiger partial charge >= 0.3 is 0 Å². The van der Waals surface area contributed by atoms with Gasteiger partial charge in [0.15, 0.2) is 0 Å². The fourth-order valence-electron chi connectivity index (χ4n) is 1.99. The maximum atomic E-state index is 12.1. The molecule has 3 rings (SSSR count). The second kappa shape index (κ2) is 7.35. The fraction of sp³-hybridized carbons (Fsp3) is 0.0588. The number of benzene rings is 2. The Morgan fingerprint density at radius 2 is 1.87 bits per heavy atom. The molecule has 3 aromatic rings. The molecule has 6 heteroatoms. The third kappa shape index (κ3) is 4.15. The summed E-state index contributed by atoms with van der Waals surface area (Å²) in [5, 5.41) is 7.16. The summed E-state index contributed by atoms with van der Waals surface area (Å²) >= 11 is 7.35. The maximum absolute atomic E-state index is 12.1. The van der Waals surface area contributed by atoms with Crippen LogP contribution in [0, 0.1) is 0 Å². The largest absolute Gasteiger partial charge is 0.338 e. The van der Waals surface area contributed by atoms with Crippen molar-refractivity contribution in [2.24, 2.45) is 0 Å². The molecular formula is C17H13ClN2O2S. The van der Waals surface area contributed by atoms with E-state index in [1.54, 1.807) is 18.3 Å². The highest BCUT2D eigenvalue weighted by Crippen LogP contribution is 2.29. The zero-order chi connectivity index (χ0) is 16.1. The third-order valence-corrected chi connectivity index (χ3v) is 4.36. The molecule has 0 spiro atoms. The molecule has 116 valence electrons. The van der Waals surface area contributed by atoms with Gasteiger partial charge < -0.3 is 4.52 Å². The number of hydrogen-bond acceptors (Lipinski definition) is 4. The average molecular weight is 345 g/mol. The van der Waals surface area contributed by atoms with Crippen molar-refractivity contribution in [3.05, 3.63) is 65.8 Å². The molecule has 1 amide bonds. The van der Waals surface area contributed by atoms with Crippen molar-refractivity contribution in [1.82, 2.24) is 5.16 Å². The van der Waals surface area contributed by atoms with Gasteiger partial charge in [-0.3, -0.25) is 10.1 Å². The highest BCUT2D eigenvalue weighted by atomic mass is 35.5. The van der Waals surface area contributed by atoms with Crippen molar-refractivity contribution in [3.63, 3.8) is 0 Å². The minimum Gasteiger partial charge on any atom is -0.338 e. The predicted molar refractivity (Wildman–Crippen MR) is 92.7 cm³/mol. The highest BCUT2D eigenvalue weighted by Gasteiger charge is 2.13. The summed E-state index contributed by atoms with van der Waals surface area (Å²) in [5.74, 6) is 0.488. The van der Waals surface area contributed by atoms with E-state index in [2.05, 4.69) is 10.5 Å². The Bertz CT molecular complexity index is 788. The van der Waals surface area contributed by atoms with Gasteiger partial charge in [0.05, 0.1) is 17.5 Å². The molecule has 0 saturated heterocycles. The molecule has 4 nitrogen and oxygen atoms in total. The number of halogens is 1. The van der Waals surface area contributed by atoms with E-state index in [0.717, 1.165) is 16.0 Å². The van der Waals surface area contributed by atoms with Crippen LogP contribution in [0.25, 0.3) is 11.1 Å². The van der Waals surface area contributed by atoms with Gasteiger partial charge in [-0.15, -0.1) is 11.8 Å². The van der Waals surface area contributed by atoms with Crippen molar-refractivity contribution in [3.8, 4) is 11.1 Å². The molecule has 0 aliphatic rings. The van der Waals surface area contributed by atoms with Crippen LogP contribution in [0.3, 0.4) is 0 Å². The minimum absolute atomic E-state index is 0.147.